The lowest BCUT2D eigenvalue weighted by atomic mass is 9.69. The topological polar surface area (TPSA) is 90.9 Å². The summed E-state index contributed by atoms with van der Waals surface area (Å²) in [7, 11) is 1.30. The number of carbonyl (C=O) groups excluding carboxylic acids is 3. The second kappa shape index (κ2) is 11.3. The summed E-state index contributed by atoms with van der Waals surface area (Å²) in [6, 6.07) is 7.51. The van der Waals surface area contributed by atoms with E-state index in [1.54, 1.807) is 0 Å². The number of allylic oxidation sites excluding steroid dienone is 3. The Hall–Kier alpha value is -3.09. The molecule has 0 amide bonds. The Bertz CT molecular complexity index is 1060. The van der Waals surface area contributed by atoms with E-state index >= 15 is 0 Å². The molecule has 1 heterocycles. The molecule has 0 bridgehead atoms. The minimum absolute atomic E-state index is 0.114. The number of ketones is 1. The smallest absolute Gasteiger partial charge is 0.337 e. The fourth-order valence-electron chi connectivity index (χ4n) is 5.66. The van der Waals surface area contributed by atoms with Crippen LogP contribution in [0.4, 0.5) is 0 Å². The van der Waals surface area contributed by atoms with Crippen molar-refractivity contribution in [1.82, 2.24) is 5.32 Å². The van der Waals surface area contributed by atoms with Crippen molar-refractivity contribution in [3.05, 3.63) is 52.4 Å². The molecule has 1 N–H and O–H groups in total. The highest BCUT2D eigenvalue weighted by molar-refractivity contribution is 6.12. The number of hydrogen-bond acceptors (Lipinski definition) is 7. The minimum atomic E-state index is -0.903. The normalized spacial score (nSPS) is 24.7. The molecule has 1 saturated carbocycles. The van der Waals surface area contributed by atoms with Gasteiger partial charge >= 0.3 is 11.9 Å². The predicted octanol–water partition coefficient (Wildman–Crippen LogP) is 4.96. The van der Waals surface area contributed by atoms with Crippen LogP contribution in [0.15, 0.2) is 46.8 Å². The summed E-state index contributed by atoms with van der Waals surface area (Å²) < 4.78 is 16.7. The van der Waals surface area contributed by atoms with Gasteiger partial charge in [-0.2, -0.15) is 0 Å². The van der Waals surface area contributed by atoms with Gasteiger partial charge in [0.05, 0.1) is 19.3 Å². The molecule has 36 heavy (non-hydrogen) atoms. The van der Waals surface area contributed by atoms with Crippen LogP contribution in [-0.4, -0.2) is 37.5 Å². The summed E-state index contributed by atoms with van der Waals surface area (Å²) in [5, 5.41) is 3.32. The van der Waals surface area contributed by atoms with E-state index in [9.17, 15) is 14.4 Å². The standard InChI is InChI=1S/C29H37NO6/c1-5-15-35-20-13-11-19(12-14-20)25-24(29(33)36-21-9-7-6-8-10-21)18(3)30-22-16-17(2)23(28(32)34-4)27(31)26(22)25/h11-14,17,21,23,25,30H,5-10,15-16H2,1-4H3/t17-,23-,25-/m0/s1. The van der Waals surface area contributed by atoms with E-state index in [1.165, 1.54) is 7.11 Å². The molecule has 7 nitrogen and oxygen atoms in total. The van der Waals surface area contributed by atoms with E-state index in [2.05, 4.69) is 5.32 Å². The number of hydrogen-bond donors (Lipinski definition) is 1. The molecule has 1 aromatic carbocycles. The fourth-order valence-corrected chi connectivity index (χ4v) is 5.66. The Kier molecular flexibility index (Phi) is 8.17. The van der Waals surface area contributed by atoms with Crippen LogP contribution < -0.4 is 10.1 Å². The molecular weight excluding hydrogens is 458 g/mol. The highest BCUT2D eigenvalue weighted by Gasteiger charge is 2.47. The van der Waals surface area contributed by atoms with Gasteiger partial charge in [0, 0.05) is 22.9 Å². The highest BCUT2D eigenvalue weighted by atomic mass is 16.5. The zero-order valence-corrected chi connectivity index (χ0v) is 21.7. The van der Waals surface area contributed by atoms with Gasteiger partial charge in [-0.25, -0.2) is 4.79 Å². The van der Waals surface area contributed by atoms with Gasteiger partial charge in [0.1, 0.15) is 17.8 Å². The summed E-state index contributed by atoms with van der Waals surface area (Å²) in [5.41, 5.74) is 3.10. The van der Waals surface area contributed by atoms with Gasteiger partial charge in [-0.3, -0.25) is 9.59 Å². The number of methoxy groups -OCH3 is 1. The zero-order chi connectivity index (χ0) is 25.8. The maximum Gasteiger partial charge on any atom is 0.337 e. The lowest BCUT2D eigenvalue weighted by Crippen LogP contribution is -2.43. The van der Waals surface area contributed by atoms with Crippen LogP contribution in [0.2, 0.25) is 0 Å². The van der Waals surface area contributed by atoms with Crippen molar-refractivity contribution >= 4 is 17.7 Å². The van der Waals surface area contributed by atoms with Gasteiger partial charge in [0.25, 0.3) is 0 Å². The van der Waals surface area contributed by atoms with E-state index in [4.69, 9.17) is 14.2 Å². The maximum absolute atomic E-state index is 13.8. The SMILES string of the molecule is CCCOc1ccc([C@H]2C(C(=O)OC3CCCCC3)=C(C)NC3=C2C(=O)[C@@H](C(=O)OC)[C@@H](C)C3)cc1. The number of dihydropyridines is 1. The Labute approximate surface area is 213 Å². The summed E-state index contributed by atoms with van der Waals surface area (Å²) in [5.74, 6) is -2.27. The Morgan fingerprint density at radius 2 is 1.78 bits per heavy atom. The number of ether oxygens (including phenoxy) is 3. The first-order chi connectivity index (χ1) is 17.3. The number of esters is 2. The lowest BCUT2D eigenvalue weighted by Gasteiger charge is -2.38. The van der Waals surface area contributed by atoms with Crippen molar-refractivity contribution in [3.63, 3.8) is 0 Å². The maximum atomic E-state index is 13.8. The average Bonchev–Trinajstić information content (AvgIpc) is 2.87. The van der Waals surface area contributed by atoms with Crippen molar-refractivity contribution in [2.45, 2.75) is 77.7 Å². The molecule has 0 unspecified atom stereocenters. The first-order valence-corrected chi connectivity index (χ1v) is 13.1. The molecule has 1 aromatic rings. The van der Waals surface area contributed by atoms with Gasteiger partial charge in [-0.1, -0.05) is 32.4 Å². The van der Waals surface area contributed by atoms with Crippen LogP contribution in [0.3, 0.4) is 0 Å². The Balaban J connectivity index is 1.75. The third-order valence-corrected chi connectivity index (χ3v) is 7.48. The lowest BCUT2D eigenvalue weighted by molar-refractivity contribution is -0.151. The van der Waals surface area contributed by atoms with E-state index in [0.717, 1.165) is 55.5 Å². The van der Waals surface area contributed by atoms with Gasteiger partial charge in [0.15, 0.2) is 5.78 Å². The van der Waals surface area contributed by atoms with E-state index < -0.39 is 23.8 Å². The fraction of sp³-hybridized carbons (Fsp3) is 0.552. The van der Waals surface area contributed by atoms with Crippen LogP contribution >= 0.6 is 0 Å². The molecular formula is C29H37NO6. The van der Waals surface area contributed by atoms with Crippen LogP contribution in [0, 0.1) is 11.8 Å². The van der Waals surface area contributed by atoms with Gasteiger partial charge in [-0.05, 0) is 69.1 Å². The molecule has 3 atom stereocenters. The zero-order valence-electron chi connectivity index (χ0n) is 21.7. The average molecular weight is 496 g/mol. The molecule has 0 saturated heterocycles. The summed E-state index contributed by atoms with van der Waals surface area (Å²) in [6.45, 7) is 6.39. The number of nitrogens with one attached hydrogen (secondary N) is 1. The molecule has 7 heteroatoms. The molecule has 2 aliphatic carbocycles. The quantitative estimate of drug-likeness (QED) is 0.422. The summed E-state index contributed by atoms with van der Waals surface area (Å²) in [4.78, 5) is 40.0. The third-order valence-electron chi connectivity index (χ3n) is 7.48. The second-order valence-corrected chi connectivity index (χ2v) is 10.1. The van der Waals surface area contributed by atoms with Gasteiger partial charge < -0.3 is 19.5 Å². The van der Waals surface area contributed by atoms with Crippen LogP contribution in [0.1, 0.15) is 77.2 Å². The van der Waals surface area contributed by atoms with Crippen LogP contribution in [0.5, 0.6) is 5.75 Å². The van der Waals surface area contributed by atoms with Crippen molar-refractivity contribution in [1.29, 1.82) is 0 Å². The molecule has 3 aliphatic rings. The van der Waals surface area contributed by atoms with Gasteiger partial charge in [0.2, 0.25) is 0 Å². The number of benzene rings is 1. The Morgan fingerprint density at radius 3 is 2.42 bits per heavy atom. The van der Waals surface area contributed by atoms with Crippen molar-refractivity contribution < 1.29 is 28.6 Å². The molecule has 194 valence electrons. The molecule has 4 rings (SSSR count). The second-order valence-electron chi connectivity index (χ2n) is 10.1. The highest BCUT2D eigenvalue weighted by Crippen LogP contribution is 2.46. The largest absolute Gasteiger partial charge is 0.494 e. The third kappa shape index (κ3) is 5.20. The molecule has 1 fully saturated rings. The van der Waals surface area contributed by atoms with Crippen molar-refractivity contribution in [2.75, 3.05) is 13.7 Å². The van der Waals surface area contributed by atoms with Gasteiger partial charge in [-0.15, -0.1) is 0 Å². The molecule has 1 aliphatic heterocycles. The van der Waals surface area contributed by atoms with Crippen LogP contribution in [-0.2, 0) is 23.9 Å². The Morgan fingerprint density at radius 1 is 1.08 bits per heavy atom. The number of rotatable bonds is 7. The molecule has 0 spiro atoms. The molecule has 0 radical (unpaired) electrons. The number of carbonyl (C=O) groups is 3. The van der Waals surface area contributed by atoms with Crippen molar-refractivity contribution in [2.24, 2.45) is 11.8 Å². The minimum Gasteiger partial charge on any atom is -0.494 e. The van der Waals surface area contributed by atoms with E-state index in [1.807, 2.05) is 45.0 Å². The summed E-state index contributed by atoms with van der Waals surface area (Å²) >= 11 is 0. The summed E-state index contributed by atoms with van der Waals surface area (Å²) in [6.07, 6.45) is 6.25. The molecule has 0 aromatic heterocycles. The van der Waals surface area contributed by atoms with Crippen molar-refractivity contribution in [3.8, 4) is 5.75 Å². The van der Waals surface area contributed by atoms with E-state index in [-0.39, 0.29) is 17.8 Å². The van der Waals surface area contributed by atoms with E-state index in [0.29, 0.717) is 29.9 Å². The predicted molar refractivity (Wildman–Crippen MR) is 135 cm³/mol. The van der Waals surface area contributed by atoms with Crippen LogP contribution in [0.25, 0.3) is 0 Å². The first-order valence-electron chi connectivity index (χ1n) is 13.1. The monoisotopic (exact) mass is 495 g/mol. The first kappa shape index (κ1) is 26.0. The number of Topliss-reactive ketones (excluding diaryl/α,β-unsaturated/α-hetero) is 1.